The van der Waals surface area contributed by atoms with Gasteiger partial charge in [-0.25, -0.2) is 4.57 Å². The van der Waals surface area contributed by atoms with Crippen molar-refractivity contribution < 1.29 is 42.1 Å². The van der Waals surface area contributed by atoms with Crippen LogP contribution in [0.2, 0.25) is 0 Å². The number of esters is 2. The van der Waals surface area contributed by atoms with Gasteiger partial charge in [0.25, 0.3) is 0 Å². The number of carbonyl (C=O) groups excluding carboxylic acids is 2. The number of quaternary nitrogens is 1. The normalized spacial score (nSPS) is 13.5. The molecule has 0 rings (SSSR count). The molecule has 0 aliphatic heterocycles. The lowest BCUT2D eigenvalue weighted by Crippen LogP contribution is -2.37. The van der Waals surface area contributed by atoms with Crippen LogP contribution in [0.5, 0.6) is 0 Å². The summed E-state index contributed by atoms with van der Waals surface area (Å²) >= 11 is 0. The van der Waals surface area contributed by atoms with Gasteiger partial charge < -0.3 is 18.9 Å². The predicted octanol–water partition coefficient (Wildman–Crippen LogP) is 17.4. The predicted molar refractivity (Wildman–Crippen MR) is 284 cm³/mol. The van der Waals surface area contributed by atoms with Crippen molar-refractivity contribution in [3.05, 3.63) is 24.3 Å². The lowest BCUT2D eigenvalue weighted by molar-refractivity contribution is -0.870. The van der Waals surface area contributed by atoms with Gasteiger partial charge in [0.2, 0.25) is 0 Å². The van der Waals surface area contributed by atoms with Gasteiger partial charge in [0, 0.05) is 12.8 Å². The molecule has 2 atom stereocenters. The van der Waals surface area contributed by atoms with Gasteiger partial charge in [0.15, 0.2) is 6.10 Å². The molecule has 0 bridgehead atoms. The third-order valence-corrected chi connectivity index (χ3v) is 13.7. The summed E-state index contributed by atoms with van der Waals surface area (Å²) in [5, 5.41) is 0. The Morgan fingerprint density at radius 3 is 1.10 bits per heavy atom. The van der Waals surface area contributed by atoms with E-state index in [-0.39, 0.29) is 32.0 Å². The molecule has 9 nitrogen and oxygen atoms in total. The zero-order chi connectivity index (χ0) is 49.2. The molecule has 396 valence electrons. The molecule has 10 heteroatoms. The van der Waals surface area contributed by atoms with E-state index in [0.29, 0.717) is 17.4 Å². The van der Waals surface area contributed by atoms with Crippen LogP contribution in [0.15, 0.2) is 24.3 Å². The van der Waals surface area contributed by atoms with Crippen LogP contribution in [0.3, 0.4) is 0 Å². The molecule has 0 fully saturated rings. The Balaban J connectivity index is 4.06. The van der Waals surface area contributed by atoms with Crippen molar-refractivity contribution in [1.82, 2.24) is 0 Å². The molecule has 0 aliphatic rings. The van der Waals surface area contributed by atoms with Crippen LogP contribution in [-0.4, -0.2) is 74.9 Å². The molecule has 1 N–H and O–H groups in total. The van der Waals surface area contributed by atoms with Crippen molar-refractivity contribution >= 4 is 19.8 Å². The lowest BCUT2D eigenvalue weighted by atomic mass is 10.0. The topological polar surface area (TPSA) is 108 Å². The minimum absolute atomic E-state index is 0.0328. The van der Waals surface area contributed by atoms with Crippen LogP contribution in [0.4, 0.5) is 0 Å². The molecule has 0 heterocycles. The van der Waals surface area contributed by atoms with Crippen molar-refractivity contribution in [2.24, 2.45) is 0 Å². The van der Waals surface area contributed by atoms with Crippen molar-refractivity contribution in [2.75, 3.05) is 47.5 Å². The Morgan fingerprint density at radius 2 is 0.761 bits per heavy atom. The number of phosphoric ester groups is 1. The molecule has 0 saturated heterocycles. The number of allylic oxidation sites excluding steroid dienone is 4. The van der Waals surface area contributed by atoms with Crippen molar-refractivity contribution in [1.29, 1.82) is 0 Å². The highest BCUT2D eigenvalue weighted by Gasteiger charge is 2.27. The van der Waals surface area contributed by atoms with E-state index in [0.717, 1.165) is 51.4 Å². The molecule has 0 amide bonds. The van der Waals surface area contributed by atoms with Gasteiger partial charge in [-0.1, -0.05) is 224 Å². The molecular weight excluding hydrogens is 858 g/mol. The number of hydrogen-bond donors (Lipinski definition) is 1. The number of unbranched alkanes of at least 4 members (excludes halogenated alkanes) is 35. The average Bonchev–Trinajstić information content (AvgIpc) is 3.29. The molecular formula is C57H111NO8P+. The van der Waals surface area contributed by atoms with Crippen molar-refractivity contribution in [3.63, 3.8) is 0 Å². The number of carbonyl (C=O) groups is 2. The highest BCUT2D eigenvalue weighted by atomic mass is 31.2. The second kappa shape index (κ2) is 49.5. The fourth-order valence-corrected chi connectivity index (χ4v) is 8.98. The summed E-state index contributed by atoms with van der Waals surface area (Å²) in [6, 6.07) is 0. The van der Waals surface area contributed by atoms with Gasteiger partial charge in [-0.15, -0.1) is 0 Å². The Morgan fingerprint density at radius 1 is 0.448 bits per heavy atom. The quantitative estimate of drug-likeness (QED) is 0.0211. The van der Waals surface area contributed by atoms with Crippen LogP contribution in [0, 0.1) is 0 Å². The fraction of sp³-hybridized carbons (Fsp3) is 0.895. The van der Waals surface area contributed by atoms with E-state index in [1.807, 2.05) is 21.1 Å². The van der Waals surface area contributed by atoms with Gasteiger partial charge in [-0.3, -0.25) is 18.6 Å². The minimum Gasteiger partial charge on any atom is -0.462 e. The standard InChI is InChI=1S/C57H110NO8P/c1-6-8-10-12-14-16-18-20-22-23-24-25-26-27-28-29-30-31-32-33-34-35-36-38-40-42-44-46-48-50-57(60)66-55(54-65-67(61,62)64-52-51-58(3,4)5)53-63-56(59)49-47-45-43-41-39-37-21-19-17-15-13-11-9-7-2/h19,21,23-24,55H,6-18,20,22,25-54H2,1-5H3/p+1/b21-19-,24-23-. The number of hydrogen-bond acceptors (Lipinski definition) is 7. The molecule has 0 radical (unpaired) electrons. The fourth-order valence-electron chi connectivity index (χ4n) is 8.24. The van der Waals surface area contributed by atoms with E-state index in [1.165, 1.54) is 193 Å². The van der Waals surface area contributed by atoms with E-state index < -0.39 is 26.5 Å². The zero-order valence-electron chi connectivity index (χ0n) is 44.9. The number of rotatable bonds is 53. The second-order valence-electron chi connectivity index (χ2n) is 20.7. The summed E-state index contributed by atoms with van der Waals surface area (Å²) in [6.45, 7) is 4.45. The zero-order valence-corrected chi connectivity index (χ0v) is 45.8. The first kappa shape index (κ1) is 65.5. The molecule has 0 aromatic rings. The third kappa shape index (κ3) is 53.7. The molecule has 0 spiro atoms. The smallest absolute Gasteiger partial charge is 0.462 e. The van der Waals surface area contributed by atoms with E-state index >= 15 is 0 Å². The Bertz CT molecular complexity index is 1190. The summed E-state index contributed by atoms with van der Waals surface area (Å²) < 4.78 is 34.5. The van der Waals surface area contributed by atoms with Gasteiger partial charge in [-0.2, -0.15) is 0 Å². The number of phosphoric acid groups is 1. The maximum absolute atomic E-state index is 12.8. The monoisotopic (exact) mass is 969 g/mol. The van der Waals surface area contributed by atoms with E-state index in [1.54, 1.807) is 0 Å². The lowest BCUT2D eigenvalue weighted by Gasteiger charge is -2.24. The number of nitrogens with zero attached hydrogens (tertiary/aromatic N) is 1. The Kier molecular flexibility index (Phi) is 48.4. The Hall–Kier alpha value is -1.51. The van der Waals surface area contributed by atoms with Crippen LogP contribution >= 0.6 is 7.82 Å². The summed E-state index contributed by atoms with van der Waals surface area (Å²) in [4.78, 5) is 35.6. The molecule has 2 unspecified atom stereocenters. The molecule has 0 aliphatic carbocycles. The minimum atomic E-state index is -4.38. The molecule has 67 heavy (non-hydrogen) atoms. The van der Waals surface area contributed by atoms with E-state index in [4.69, 9.17) is 18.5 Å². The van der Waals surface area contributed by atoms with Crippen LogP contribution < -0.4 is 0 Å². The summed E-state index contributed by atoms with van der Waals surface area (Å²) in [5.41, 5.74) is 0. The first-order chi connectivity index (χ1) is 32.5. The van der Waals surface area contributed by atoms with Crippen LogP contribution in [-0.2, 0) is 32.7 Å². The summed E-state index contributed by atoms with van der Waals surface area (Å²) in [7, 11) is 1.48. The number of ether oxygens (including phenoxy) is 2. The summed E-state index contributed by atoms with van der Waals surface area (Å²) in [6.07, 6.45) is 58.3. The van der Waals surface area contributed by atoms with Crippen molar-refractivity contribution in [2.45, 2.75) is 283 Å². The van der Waals surface area contributed by atoms with E-state index in [2.05, 4.69) is 38.2 Å². The highest BCUT2D eigenvalue weighted by molar-refractivity contribution is 7.47. The molecule has 0 aromatic heterocycles. The highest BCUT2D eigenvalue weighted by Crippen LogP contribution is 2.43. The van der Waals surface area contributed by atoms with Gasteiger partial charge in [-0.05, 0) is 64.2 Å². The third-order valence-electron chi connectivity index (χ3n) is 12.7. The maximum atomic E-state index is 12.8. The summed E-state index contributed by atoms with van der Waals surface area (Å²) in [5.74, 6) is -0.795. The van der Waals surface area contributed by atoms with Crippen LogP contribution in [0.25, 0.3) is 0 Å². The first-order valence-corrected chi connectivity index (χ1v) is 30.1. The maximum Gasteiger partial charge on any atom is 0.472 e. The Labute approximate surface area is 415 Å². The van der Waals surface area contributed by atoms with Crippen LogP contribution in [0.1, 0.15) is 277 Å². The van der Waals surface area contributed by atoms with Gasteiger partial charge in [0.05, 0.1) is 27.7 Å². The van der Waals surface area contributed by atoms with Gasteiger partial charge in [0.1, 0.15) is 19.8 Å². The first-order valence-electron chi connectivity index (χ1n) is 28.6. The molecule has 0 aromatic carbocycles. The molecule has 0 saturated carbocycles. The van der Waals surface area contributed by atoms with Gasteiger partial charge >= 0.3 is 19.8 Å². The van der Waals surface area contributed by atoms with Crippen molar-refractivity contribution in [3.8, 4) is 0 Å². The SMILES string of the molecule is CCCCCCC/C=C\CCCCCCCC(=O)OCC(COP(=O)(O)OCC[N+](C)(C)C)OC(=O)CCCCCCCCCCCCCCCCCCC/C=C\CCCCCCCCCC. The average molecular weight is 969 g/mol. The number of likely N-dealkylation sites (N-methyl/N-ethyl adjacent to an activating group) is 1. The van der Waals surface area contributed by atoms with E-state index in [9.17, 15) is 19.0 Å². The second-order valence-corrected chi connectivity index (χ2v) is 22.1. The largest absolute Gasteiger partial charge is 0.472 e.